The number of halogens is 4. The van der Waals surface area contributed by atoms with E-state index >= 15 is 0 Å². The highest BCUT2D eigenvalue weighted by molar-refractivity contribution is 5.85. The molecule has 1 atom stereocenters. The van der Waals surface area contributed by atoms with Crippen LogP contribution in [-0.2, 0) is 17.6 Å². The number of methoxy groups -OCH3 is 1. The molecule has 1 aliphatic rings. The SMILES string of the molecule is COc1ccc(F)c(-c2ccc(OCc3cccc(C(CC(=O)O)C4CC4)c3)cc2-c2ccc(C(F)(F)F)cc2)c1. The van der Waals surface area contributed by atoms with E-state index in [1.165, 1.54) is 37.4 Å². The Morgan fingerprint density at radius 2 is 1.61 bits per heavy atom. The molecule has 0 spiro atoms. The second kappa shape index (κ2) is 11.6. The van der Waals surface area contributed by atoms with Crippen molar-refractivity contribution in [1.82, 2.24) is 0 Å². The van der Waals surface area contributed by atoms with Crippen LogP contribution in [0.15, 0.2) is 84.9 Å². The van der Waals surface area contributed by atoms with Crippen molar-refractivity contribution in [2.75, 3.05) is 7.11 Å². The fourth-order valence-corrected chi connectivity index (χ4v) is 5.09. The van der Waals surface area contributed by atoms with Gasteiger partial charge in [0.05, 0.1) is 19.1 Å². The Hall–Kier alpha value is -4.33. The van der Waals surface area contributed by atoms with Crippen LogP contribution in [0.3, 0.4) is 0 Å². The summed E-state index contributed by atoms with van der Waals surface area (Å²) in [6.07, 6.45) is -2.37. The summed E-state index contributed by atoms with van der Waals surface area (Å²) in [5.41, 5.74) is 2.70. The molecule has 1 aliphatic carbocycles. The van der Waals surface area contributed by atoms with E-state index < -0.39 is 23.5 Å². The Morgan fingerprint density at radius 3 is 2.27 bits per heavy atom. The van der Waals surface area contributed by atoms with Crippen LogP contribution in [0.5, 0.6) is 11.5 Å². The molecule has 0 aromatic heterocycles. The molecule has 0 radical (unpaired) electrons. The minimum Gasteiger partial charge on any atom is -0.497 e. The monoisotopic (exact) mass is 564 g/mol. The van der Waals surface area contributed by atoms with Gasteiger partial charge in [-0.15, -0.1) is 0 Å². The summed E-state index contributed by atoms with van der Waals surface area (Å²) >= 11 is 0. The number of rotatable bonds is 10. The number of aliphatic carboxylic acids is 1. The molecule has 0 amide bonds. The maximum Gasteiger partial charge on any atom is 0.416 e. The van der Waals surface area contributed by atoms with Gasteiger partial charge >= 0.3 is 12.1 Å². The fourth-order valence-electron chi connectivity index (χ4n) is 5.09. The third-order valence-electron chi connectivity index (χ3n) is 7.35. The second-order valence-electron chi connectivity index (χ2n) is 10.2. The summed E-state index contributed by atoms with van der Waals surface area (Å²) in [6, 6.07) is 21.7. The lowest BCUT2D eigenvalue weighted by Gasteiger charge is -2.17. The normalized spacial score (nSPS) is 14.0. The average molecular weight is 565 g/mol. The molecule has 1 N–H and O–H groups in total. The number of carbonyl (C=O) groups is 1. The van der Waals surface area contributed by atoms with Gasteiger partial charge in [0.2, 0.25) is 0 Å². The maximum absolute atomic E-state index is 14.9. The summed E-state index contributed by atoms with van der Waals surface area (Å²) in [6.45, 7) is 0.192. The Morgan fingerprint density at radius 1 is 0.902 bits per heavy atom. The molecule has 4 nitrogen and oxygen atoms in total. The van der Waals surface area contributed by atoms with E-state index in [0.29, 0.717) is 34.1 Å². The molecular weight excluding hydrogens is 536 g/mol. The summed E-state index contributed by atoms with van der Waals surface area (Å²) < 4.78 is 65.9. The lowest BCUT2D eigenvalue weighted by Crippen LogP contribution is -2.09. The van der Waals surface area contributed by atoms with Crippen LogP contribution >= 0.6 is 0 Å². The molecule has 8 heteroatoms. The van der Waals surface area contributed by atoms with Crippen LogP contribution in [0, 0.1) is 11.7 Å². The van der Waals surface area contributed by atoms with Gasteiger partial charge in [0, 0.05) is 5.56 Å². The Bertz CT molecular complexity index is 1540. The van der Waals surface area contributed by atoms with Crippen molar-refractivity contribution in [2.45, 2.75) is 38.0 Å². The maximum atomic E-state index is 14.9. The van der Waals surface area contributed by atoms with Crippen molar-refractivity contribution in [3.05, 3.63) is 107 Å². The van der Waals surface area contributed by atoms with E-state index in [2.05, 4.69) is 0 Å². The molecule has 0 aliphatic heterocycles. The standard InChI is InChI=1S/C33H28F4O4/c1-40-25-12-14-31(34)30(16-25)27-13-11-26(17-29(27)22-7-9-24(10-8-22)33(35,36)37)41-19-20-3-2-4-23(15-20)28(18-32(38)39)21-5-6-21/h2-4,7-17,21,28H,5-6,18-19H2,1H3,(H,38,39). The van der Waals surface area contributed by atoms with Gasteiger partial charge in [-0.3, -0.25) is 4.79 Å². The van der Waals surface area contributed by atoms with E-state index in [0.717, 1.165) is 36.1 Å². The van der Waals surface area contributed by atoms with Gasteiger partial charge in [0.25, 0.3) is 0 Å². The topological polar surface area (TPSA) is 55.8 Å². The van der Waals surface area contributed by atoms with Gasteiger partial charge in [0.15, 0.2) is 0 Å². The van der Waals surface area contributed by atoms with Gasteiger partial charge in [-0.2, -0.15) is 13.2 Å². The number of benzene rings is 4. The van der Waals surface area contributed by atoms with E-state index in [9.17, 15) is 27.5 Å². The first-order chi connectivity index (χ1) is 19.6. The fraction of sp³-hybridized carbons (Fsp3) is 0.242. The zero-order valence-electron chi connectivity index (χ0n) is 22.2. The highest BCUT2D eigenvalue weighted by atomic mass is 19.4. The molecule has 0 saturated heterocycles. The van der Waals surface area contributed by atoms with E-state index in [-0.39, 0.29) is 24.5 Å². The predicted octanol–water partition coefficient (Wildman–Crippen LogP) is 8.73. The third kappa shape index (κ3) is 6.70. The quantitative estimate of drug-likeness (QED) is 0.196. The highest BCUT2D eigenvalue weighted by Gasteiger charge is 2.34. The van der Waals surface area contributed by atoms with Crippen molar-refractivity contribution in [1.29, 1.82) is 0 Å². The molecule has 1 saturated carbocycles. The minimum atomic E-state index is -4.48. The Balaban J connectivity index is 1.46. The van der Waals surface area contributed by atoms with Crippen molar-refractivity contribution >= 4 is 5.97 Å². The Kier molecular flexibility index (Phi) is 8.01. The van der Waals surface area contributed by atoms with Gasteiger partial charge in [-0.1, -0.05) is 36.4 Å². The smallest absolute Gasteiger partial charge is 0.416 e. The number of hydrogen-bond donors (Lipinski definition) is 1. The highest BCUT2D eigenvalue weighted by Crippen LogP contribution is 2.45. The number of carboxylic acid groups (broad SMARTS) is 1. The van der Waals surface area contributed by atoms with Crippen LogP contribution < -0.4 is 9.47 Å². The molecule has 4 aromatic carbocycles. The Labute approximate surface area is 235 Å². The molecule has 4 aromatic rings. The number of hydrogen-bond acceptors (Lipinski definition) is 3. The molecule has 0 heterocycles. The van der Waals surface area contributed by atoms with Gasteiger partial charge < -0.3 is 14.6 Å². The predicted molar refractivity (Wildman–Crippen MR) is 147 cm³/mol. The molecule has 1 fully saturated rings. The van der Waals surface area contributed by atoms with Crippen molar-refractivity contribution < 1.29 is 36.9 Å². The summed E-state index contributed by atoms with van der Waals surface area (Å²) in [5, 5.41) is 9.36. The van der Waals surface area contributed by atoms with Crippen molar-refractivity contribution in [2.24, 2.45) is 5.92 Å². The lowest BCUT2D eigenvalue weighted by atomic mass is 9.90. The largest absolute Gasteiger partial charge is 0.497 e. The average Bonchev–Trinajstić information content (AvgIpc) is 3.80. The summed E-state index contributed by atoms with van der Waals surface area (Å²) in [4.78, 5) is 11.4. The van der Waals surface area contributed by atoms with E-state index in [1.807, 2.05) is 24.3 Å². The van der Waals surface area contributed by atoms with Crippen molar-refractivity contribution in [3.8, 4) is 33.8 Å². The number of carboxylic acids is 1. The van der Waals surface area contributed by atoms with Gasteiger partial charge in [-0.25, -0.2) is 4.39 Å². The van der Waals surface area contributed by atoms with Gasteiger partial charge in [-0.05, 0) is 101 Å². The summed E-state index contributed by atoms with van der Waals surface area (Å²) in [7, 11) is 1.47. The van der Waals surface area contributed by atoms with Crippen LogP contribution in [-0.4, -0.2) is 18.2 Å². The molecule has 41 heavy (non-hydrogen) atoms. The third-order valence-corrected chi connectivity index (χ3v) is 7.35. The number of ether oxygens (including phenoxy) is 2. The molecule has 0 bridgehead atoms. The zero-order chi connectivity index (χ0) is 29.1. The first-order valence-electron chi connectivity index (χ1n) is 13.2. The van der Waals surface area contributed by atoms with Crippen LogP contribution in [0.25, 0.3) is 22.3 Å². The van der Waals surface area contributed by atoms with E-state index in [1.54, 1.807) is 18.2 Å². The van der Waals surface area contributed by atoms with Gasteiger partial charge in [0.1, 0.15) is 23.9 Å². The van der Waals surface area contributed by atoms with Crippen LogP contribution in [0.4, 0.5) is 17.6 Å². The first-order valence-corrected chi connectivity index (χ1v) is 13.2. The molecular formula is C33H28F4O4. The lowest BCUT2D eigenvalue weighted by molar-refractivity contribution is -0.138. The van der Waals surface area contributed by atoms with E-state index in [4.69, 9.17) is 9.47 Å². The number of alkyl halides is 3. The van der Waals surface area contributed by atoms with Crippen LogP contribution in [0.1, 0.15) is 41.9 Å². The first kappa shape index (κ1) is 28.2. The second-order valence-corrected chi connectivity index (χ2v) is 10.2. The van der Waals surface area contributed by atoms with Crippen molar-refractivity contribution in [3.63, 3.8) is 0 Å². The summed E-state index contributed by atoms with van der Waals surface area (Å²) in [5.74, 6) is -0.120. The minimum absolute atomic E-state index is 0.0456. The van der Waals surface area contributed by atoms with Crippen LogP contribution in [0.2, 0.25) is 0 Å². The molecule has 212 valence electrons. The molecule has 1 unspecified atom stereocenters. The molecule has 5 rings (SSSR count). The zero-order valence-corrected chi connectivity index (χ0v) is 22.2.